The van der Waals surface area contributed by atoms with Gasteiger partial charge in [0, 0.05) is 12.6 Å². The number of carbonyl (C=O) groups is 1. The number of piperidine rings is 1. The first-order valence-corrected chi connectivity index (χ1v) is 6.79. The highest BCUT2D eigenvalue weighted by atomic mass is 35.5. The molecule has 0 bridgehead atoms. The Kier molecular flexibility index (Phi) is 7.47. The molecular weight excluding hydrogens is 321 g/mol. The first kappa shape index (κ1) is 18.6. The molecule has 0 spiro atoms. The van der Waals surface area contributed by atoms with Crippen LogP contribution in [0, 0.1) is 11.7 Å². The molecule has 0 radical (unpaired) electrons. The number of benzene rings is 1. The number of nitrogens with one attached hydrogen (secondary N) is 2. The summed E-state index contributed by atoms with van der Waals surface area (Å²) in [6.45, 7) is -0.892. The van der Waals surface area contributed by atoms with Gasteiger partial charge in [-0.1, -0.05) is 0 Å². The van der Waals surface area contributed by atoms with Gasteiger partial charge in [-0.05, 0) is 44.0 Å². The fraction of sp³-hybridized carbons (Fsp3) is 0.500. The Bertz CT molecular complexity index is 497. The number of halogens is 4. The van der Waals surface area contributed by atoms with Crippen molar-refractivity contribution in [2.75, 3.05) is 19.6 Å². The monoisotopic (exact) mass is 338 g/mol. The lowest BCUT2D eigenvalue weighted by Gasteiger charge is -2.23. The van der Waals surface area contributed by atoms with Gasteiger partial charge in [-0.2, -0.15) is 8.78 Å². The van der Waals surface area contributed by atoms with Crippen molar-refractivity contribution in [3.63, 3.8) is 0 Å². The molecule has 2 N–H and O–H groups in total. The molecule has 1 amide bonds. The van der Waals surface area contributed by atoms with Crippen LogP contribution < -0.4 is 15.4 Å². The largest absolute Gasteiger partial charge is 0.434 e. The third kappa shape index (κ3) is 5.38. The Labute approximate surface area is 132 Å². The van der Waals surface area contributed by atoms with Gasteiger partial charge in [-0.15, -0.1) is 12.4 Å². The minimum Gasteiger partial charge on any atom is -0.434 e. The molecule has 4 nitrogen and oxygen atoms in total. The summed E-state index contributed by atoms with van der Waals surface area (Å²) >= 11 is 0. The van der Waals surface area contributed by atoms with Crippen molar-refractivity contribution >= 4 is 18.3 Å². The molecule has 1 aromatic rings. The van der Waals surface area contributed by atoms with Crippen LogP contribution in [-0.4, -0.2) is 32.2 Å². The van der Waals surface area contributed by atoms with Crippen LogP contribution in [-0.2, 0) is 0 Å². The van der Waals surface area contributed by atoms with Gasteiger partial charge in [0.05, 0.1) is 5.56 Å². The van der Waals surface area contributed by atoms with E-state index in [4.69, 9.17) is 0 Å². The zero-order chi connectivity index (χ0) is 15.2. The SMILES string of the molecule is Cl.O=C(NCC1CCCNC1)c1ccc(F)cc1OC(F)F. The number of amides is 1. The van der Waals surface area contributed by atoms with Crippen LogP contribution >= 0.6 is 12.4 Å². The first-order chi connectivity index (χ1) is 10.1. The highest BCUT2D eigenvalue weighted by molar-refractivity contribution is 5.96. The molecule has 1 atom stereocenters. The van der Waals surface area contributed by atoms with E-state index in [0.29, 0.717) is 12.5 Å². The van der Waals surface area contributed by atoms with Gasteiger partial charge >= 0.3 is 6.61 Å². The molecule has 1 fully saturated rings. The topological polar surface area (TPSA) is 50.4 Å². The van der Waals surface area contributed by atoms with Gasteiger partial charge in [0.2, 0.25) is 0 Å². The number of rotatable bonds is 5. The van der Waals surface area contributed by atoms with E-state index >= 15 is 0 Å². The van der Waals surface area contributed by atoms with Crippen LogP contribution in [0.2, 0.25) is 0 Å². The van der Waals surface area contributed by atoms with Crippen LogP contribution in [0.1, 0.15) is 23.2 Å². The van der Waals surface area contributed by atoms with Crippen molar-refractivity contribution < 1.29 is 22.7 Å². The second kappa shape index (κ2) is 8.85. The molecule has 124 valence electrons. The summed E-state index contributed by atoms with van der Waals surface area (Å²) in [4.78, 5) is 12.0. The Balaban J connectivity index is 0.00000242. The molecular formula is C14H18ClF3N2O2. The fourth-order valence-corrected chi connectivity index (χ4v) is 2.31. The summed E-state index contributed by atoms with van der Waals surface area (Å²) in [5.41, 5.74) is -0.0968. The van der Waals surface area contributed by atoms with Crippen molar-refractivity contribution in [1.29, 1.82) is 0 Å². The highest BCUT2D eigenvalue weighted by Gasteiger charge is 2.19. The van der Waals surface area contributed by atoms with Gasteiger partial charge in [-0.25, -0.2) is 4.39 Å². The van der Waals surface area contributed by atoms with Crippen LogP contribution in [0.4, 0.5) is 13.2 Å². The van der Waals surface area contributed by atoms with Gasteiger partial charge < -0.3 is 15.4 Å². The van der Waals surface area contributed by atoms with Crippen molar-refractivity contribution in [3.8, 4) is 5.75 Å². The van der Waals surface area contributed by atoms with E-state index in [2.05, 4.69) is 15.4 Å². The summed E-state index contributed by atoms with van der Waals surface area (Å²) in [5, 5.41) is 5.89. The molecule has 1 heterocycles. The summed E-state index contributed by atoms with van der Waals surface area (Å²) in [6, 6.07) is 2.96. The molecule has 0 aromatic heterocycles. The van der Waals surface area contributed by atoms with E-state index in [9.17, 15) is 18.0 Å². The van der Waals surface area contributed by atoms with Crippen LogP contribution in [0.3, 0.4) is 0 Å². The zero-order valence-corrected chi connectivity index (χ0v) is 12.6. The number of carbonyl (C=O) groups excluding carboxylic acids is 1. The Morgan fingerprint density at radius 3 is 2.86 bits per heavy atom. The molecule has 1 saturated heterocycles. The normalized spacial score (nSPS) is 17.7. The fourth-order valence-electron chi connectivity index (χ4n) is 2.31. The van der Waals surface area contributed by atoms with E-state index in [1.165, 1.54) is 0 Å². The zero-order valence-electron chi connectivity index (χ0n) is 11.8. The standard InChI is InChI=1S/C14H17F3N2O2.ClH/c15-10-3-4-11(12(6-10)21-14(16)17)13(20)19-8-9-2-1-5-18-7-9;/h3-4,6,9,14,18H,1-2,5,7-8H2,(H,19,20);1H. The van der Waals surface area contributed by atoms with Crippen LogP contribution in [0.25, 0.3) is 0 Å². The predicted molar refractivity (Wildman–Crippen MR) is 78.2 cm³/mol. The lowest BCUT2D eigenvalue weighted by atomic mass is 9.99. The summed E-state index contributed by atoms with van der Waals surface area (Å²) in [5.74, 6) is -1.43. The lowest BCUT2D eigenvalue weighted by Crippen LogP contribution is -2.38. The average Bonchev–Trinajstić information content (AvgIpc) is 2.45. The second-order valence-corrected chi connectivity index (χ2v) is 4.94. The molecule has 22 heavy (non-hydrogen) atoms. The molecule has 1 aromatic carbocycles. The molecule has 8 heteroatoms. The van der Waals surface area contributed by atoms with E-state index in [-0.39, 0.29) is 18.0 Å². The van der Waals surface area contributed by atoms with Gasteiger partial charge in [0.15, 0.2) is 0 Å². The minimum absolute atomic E-state index is 0. The molecule has 1 aliphatic rings. The quantitative estimate of drug-likeness (QED) is 0.867. The lowest BCUT2D eigenvalue weighted by molar-refractivity contribution is -0.0503. The van der Waals surface area contributed by atoms with Gasteiger partial charge in [0.25, 0.3) is 5.91 Å². The van der Waals surface area contributed by atoms with Crippen molar-refractivity contribution in [2.24, 2.45) is 5.92 Å². The maximum absolute atomic E-state index is 13.1. The van der Waals surface area contributed by atoms with Crippen LogP contribution in [0.15, 0.2) is 18.2 Å². The number of alkyl halides is 2. The summed E-state index contributed by atoms with van der Waals surface area (Å²) in [7, 11) is 0. The Morgan fingerprint density at radius 1 is 1.45 bits per heavy atom. The Hall–Kier alpha value is -1.47. The maximum Gasteiger partial charge on any atom is 0.387 e. The van der Waals surface area contributed by atoms with E-state index in [1.807, 2.05) is 0 Å². The smallest absolute Gasteiger partial charge is 0.387 e. The second-order valence-electron chi connectivity index (χ2n) is 4.94. The molecule has 1 unspecified atom stereocenters. The van der Waals surface area contributed by atoms with Crippen molar-refractivity contribution in [2.45, 2.75) is 19.5 Å². The number of hydrogen-bond donors (Lipinski definition) is 2. The number of ether oxygens (including phenoxy) is 1. The molecule has 0 aliphatic carbocycles. The summed E-state index contributed by atoms with van der Waals surface area (Å²) in [6.07, 6.45) is 2.04. The van der Waals surface area contributed by atoms with E-state index in [0.717, 1.165) is 44.1 Å². The van der Waals surface area contributed by atoms with Gasteiger partial charge in [-0.3, -0.25) is 4.79 Å². The summed E-state index contributed by atoms with van der Waals surface area (Å²) < 4.78 is 41.8. The van der Waals surface area contributed by atoms with Crippen molar-refractivity contribution in [3.05, 3.63) is 29.6 Å². The average molecular weight is 339 g/mol. The first-order valence-electron chi connectivity index (χ1n) is 6.79. The van der Waals surface area contributed by atoms with E-state index < -0.39 is 24.1 Å². The molecule has 1 aliphatic heterocycles. The number of hydrogen-bond acceptors (Lipinski definition) is 3. The molecule has 2 rings (SSSR count). The Morgan fingerprint density at radius 2 is 2.23 bits per heavy atom. The molecule has 0 saturated carbocycles. The predicted octanol–water partition coefficient (Wildman–Crippen LogP) is 2.58. The third-order valence-electron chi connectivity index (χ3n) is 3.35. The van der Waals surface area contributed by atoms with Crippen molar-refractivity contribution in [1.82, 2.24) is 10.6 Å². The third-order valence-corrected chi connectivity index (χ3v) is 3.35. The van der Waals surface area contributed by atoms with Gasteiger partial charge in [0.1, 0.15) is 11.6 Å². The highest BCUT2D eigenvalue weighted by Crippen LogP contribution is 2.22. The van der Waals surface area contributed by atoms with Crippen LogP contribution in [0.5, 0.6) is 5.75 Å². The van der Waals surface area contributed by atoms with E-state index in [1.54, 1.807) is 0 Å². The minimum atomic E-state index is -3.11. The maximum atomic E-state index is 13.1.